The first-order valence-corrected chi connectivity index (χ1v) is 8.35. The molecule has 1 heterocycles. The van der Waals surface area contributed by atoms with E-state index in [4.69, 9.17) is 10.5 Å². The quantitative estimate of drug-likeness (QED) is 0.712. The third-order valence-electron chi connectivity index (χ3n) is 3.93. The van der Waals surface area contributed by atoms with Gasteiger partial charge in [-0.05, 0) is 39.0 Å². The molecule has 0 aromatic heterocycles. The summed E-state index contributed by atoms with van der Waals surface area (Å²) in [5, 5.41) is 3.82. The molecule has 19 heavy (non-hydrogen) atoms. The van der Waals surface area contributed by atoms with Gasteiger partial charge in [-0.1, -0.05) is 6.92 Å². The first-order chi connectivity index (χ1) is 8.99. The zero-order valence-corrected chi connectivity index (χ0v) is 12.8. The van der Waals surface area contributed by atoms with Crippen LogP contribution in [-0.2, 0) is 9.53 Å². The highest BCUT2D eigenvalue weighted by Gasteiger charge is 2.38. The van der Waals surface area contributed by atoms with Crippen LogP contribution in [0.3, 0.4) is 0 Å². The average Bonchev–Trinajstić information content (AvgIpc) is 2.99. The van der Waals surface area contributed by atoms with E-state index in [2.05, 4.69) is 12.2 Å². The van der Waals surface area contributed by atoms with Crippen molar-refractivity contribution < 1.29 is 9.53 Å². The summed E-state index contributed by atoms with van der Waals surface area (Å²) in [4.78, 5) is 11.7. The predicted octanol–water partition coefficient (Wildman–Crippen LogP) is 1.67. The fraction of sp³-hybridized carbons (Fsp3) is 0.929. The van der Waals surface area contributed by atoms with Gasteiger partial charge in [-0.3, -0.25) is 4.79 Å². The Morgan fingerprint density at radius 1 is 1.53 bits per heavy atom. The molecular formula is C14H26N2O2S. The molecule has 3 atom stereocenters. The van der Waals surface area contributed by atoms with Gasteiger partial charge in [0.2, 0.25) is 5.91 Å². The normalized spacial score (nSPS) is 28.0. The molecule has 0 radical (unpaired) electrons. The summed E-state index contributed by atoms with van der Waals surface area (Å²) in [5.41, 5.74) is 5.01. The molecule has 0 aromatic carbocycles. The number of nitrogens with two attached hydrogens (primary N) is 1. The third-order valence-corrected chi connectivity index (χ3v) is 5.23. The van der Waals surface area contributed by atoms with Crippen molar-refractivity contribution >= 4 is 17.7 Å². The van der Waals surface area contributed by atoms with Crippen LogP contribution in [0.4, 0.5) is 0 Å². The highest BCUT2D eigenvalue weighted by atomic mass is 32.2. The van der Waals surface area contributed by atoms with Crippen molar-refractivity contribution in [2.75, 3.05) is 12.4 Å². The molecule has 1 saturated heterocycles. The van der Waals surface area contributed by atoms with Crippen LogP contribution in [0, 0.1) is 0 Å². The van der Waals surface area contributed by atoms with Crippen molar-refractivity contribution in [3.05, 3.63) is 0 Å². The second-order valence-corrected chi connectivity index (χ2v) is 7.57. The van der Waals surface area contributed by atoms with E-state index in [1.807, 2.05) is 18.7 Å². The molecule has 1 saturated carbocycles. The molecule has 0 bridgehead atoms. The minimum atomic E-state index is -0.565. The lowest BCUT2D eigenvalue weighted by atomic mass is 9.95. The molecule has 2 rings (SSSR count). The van der Waals surface area contributed by atoms with Crippen molar-refractivity contribution in [3.63, 3.8) is 0 Å². The van der Waals surface area contributed by atoms with Gasteiger partial charge in [0.1, 0.15) is 0 Å². The van der Waals surface area contributed by atoms with Crippen LogP contribution in [0.1, 0.15) is 46.0 Å². The Labute approximate surface area is 120 Å². The molecule has 110 valence electrons. The Kier molecular flexibility index (Phi) is 5.15. The van der Waals surface area contributed by atoms with Gasteiger partial charge < -0.3 is 15.8 Å². The van der Waals surface area contributed by atoms with Crippen LogP contribution < -0.4 is 11.1 Å². The number of nitrogens with one attached hydrogen (secondary N) is 1. The van der Waals surface area contributed by atoms with Crippen LogP contribution in [-0.4, -0.2) is 41.2 Å². The molecule has 4 nitrogen and oxygen atoms in total. The van der Waals surface area contributed by atoms with Crippen molar-refractivity contribution in [1.29, 1.82) is 0 Å². The number of carbonyl (C=O) groups excluding carboxylic acids is 1. The average molecular weight is 286 g/mol. The Hall–Kier alpha value is -0.260. The second kappa shape index (κ2) is 6.46. The summed E-state index contributed by atoms with van der Waals surface area (Å²) < 4.78 is 5.63. The number of carbonyl (C=O) groups is 1. The minimum Gasteiger partial charge on any atom is -0.377 e. The SMILES string of the molecule is CC(CC(C)(NC1CC1)C(N)=O)SCC1CCCO1. The van der Waals surface area contributed by atoms with Gasteiger partial charge in [0.05, 0.1) is 11.6 Å². The molecule has 2 fully saturated rings. The first-order valence-electron chi connectivity index (χ1n) is 7.30. The number of ether oxygens (including phenoxy) is 1. The van der Waals surface area contributed by atoms with E-state index in [1.54, 1.807) is 0 Å². The summed E-state index contributed by atoms with van der Waals surface area (Å²) in [5.74, 6) is 0.795. The number of hydrogen-bond donors (Lipinski definition) is 2. The fourth-order valence-corrected chi connectivity index (χ4v) is 3.85. The Morgan fingerprint density at radius 3 is 2.79 bits per heavy atom. The Balaban J connectivity index is 1.76. The molecule has 0 spiro atoms. The molecule has 2 aliphatic rings. The van der Waals surface area contributed by atoms with Crippen molar-refractivity contribution in [1.82, 2.24) is 5.32 Å². The lowest BCUT2D eigenvalue weighted by Gasteiger charge is -2.30. The third kappa shape index (κ3) is 4.65. The van der Waals surface area contributed by atoms with E-state index in [-0.39, 0.29) is 5.91 Å². The molecule has 1 aliphatic carbocycles. The van der Waals surface area contributed by atoms with Crippen LogP contribution in [0.2, 0.25) is 0 Å². The first kappa shape index (κ1) is 15.1. The number of primary amides is 1. The van der Waals surface area contributed by atoms with Crippen LogP contribution in [0.15, 0.2) is 0 Å². The summed E-state index contributed by atoms with van der Waals surface area (Å²) >= 11 is 1.89. The van der Waals surface area contributed by atoms with Crippen molar-refractivity contribution in [2.24, 2.45) is 5.73 Å². The second-order valence-electron chi connectivity index (χ2n) is 6.10. The van der Waals surface area contributed by atoms with Gasteiger partial charge in [0, 0.05) is 23.7 Å². The van der Waals surface area contributed by atoms with Gasteiger partial charge in [-0.25, -0.2) is 0 Å². The van der Waals surface area contributed by atoms with Gasteiger partial charge >= 0.3 is 0 Å². The van der Waals surface area contributed by atoms with Crippen LogP contribution in [0.5, 0.6) is 0 Å². The zero-order chi connectivity index (χ0) is 13.9. The monoisotopic (exact) mass is 286 g/mol. The Morgan fingerprint density at radius 2 is 2.26 bits per heavy atom. The van der Waals surface area contributed by atoms with Crippen molar-refractivity contribution in [3.8, 4) is 0 Å². The summed E-state index contributed by atoms with van der Waals surface area (Å²) in [6.45, 7) is 5.02. The summed E-state index contributed by atoms with van der Waals surface area (Å²) in [6, 6.07) is 0.493. The lowest BCUT2D eigenvalue weighted by molar-refractivity contribution is -0.124. The van der Waals surface area contributed by atoms with E-state index in [0.717, 1.165) is 18.8 Å². The van der Waals surface area contributed by atoms with E-state index < -0.39 is 5.54 Å². The maximum Gasteiger partial charge on any atom is 0.237 e. The number of rotatable bonds is 8. The number of hydrogen-bond acceptors (Lipinski definition) is 4. The standard InChI is InChI=1S/C14H26N2O2S/c1-10(19-9-12-4-3-7-18-12)8-14(2,13(15)17)16-11-5-6-11/h10-12,16H,3-9H2,1-2H3,(H2,15,17). The van der Waals surface area contributed by atoms with Crippen LogP contribution in [0.25, 0.3) is 0 Å². The molecule has 3 unspecified atom stereocenters. The zero-order valence-electron chi connectivity index (χ0n) is 12.0. The number of amides is 1. The van der Waals surface area contributed by atoms with Crippen molar-refractivity contribution in [2.45, 2.75) is 68.9 Å². The van der Waals surface area contributed by atoms with E-state index >= 15 is 0 Å². The van der Waals surface area contributed by atoms with Gasteiger partial charge in [-0.2, -0.15) is 11.8 Å². The van der Waals surface area contributed by atoms with Gasteiger partial charge in [-0.15, -0.1) is 0 Å². The summed E-state index contributed by atoms with van der Waals surface area (Å²) in [7, 11) is 0. The maximum absolute atomic E-state index is 11.7. The largest absolute Gasteiger partial charge is 0.377 e. The highest BCUT2D eigenvalue weighted by Crippen LogP contribution is 2.29. The molecule has 5 heteroatoms. The van der Waals surface area contributed by atoms with Gasteiger partial charge in [0.25, 0.3) is 0 Å². The molecule has 1 aliphatic heterocycles. The maximum atomic E-state index is 11.7. The van der Waals surface area contributed by atoms with E-state index in [1.165, 1.54) is 25.7 Å². The van der Waals surface area contributed by atoms with Gasteiger partial charge in [0.15, 0.2) is 0 Å². The van der Waals surface area contributed by atoms with Crippen LogP contribution >= 0.6 is 11.8 Å². The molecular weight excluding hydrogens is 260 g/mol. The highest BCUT2D eigenvalue weighted by molar-refractivity contribution is 7.99. The van der Waals surface area contributed by atoms with E-state index in [0.29, 0.717) is 17.4 Å². The van der Waals surface area contributed by atoms with E-state index in [9.17, 15) is 4.79 Å². The number of thioether (sulfide) groups is 1. The lowest BCUT2D eigenvalue weighted by Crippen LogP contribution is -2.55. The predicted molar refractivity (Wildman–Crippen MR) is 79.3 cm³/mol. The summed E-state index contributed by atoms with van der Waals surface area (Å²) in [6.07, 6.45) is 5.88. The fourth-order valence-electron chi connectivity index (χ4n) is 2.59. The smallest absolute Gasteiger partial charge is 0.237 e. The Bertz CT molecular complexity index is 317. The molecule has 0 aromatic rings. The molecule has 1 amide bonds. The topological polar surface area (TPSA) is 64.3 Å². The molecule has 3 N–H and O–H groups in total. The minimum absolute atomic E-state index is 0.232.